The molecule has 1 saturated heterocycles. The Bertz CT molecular complexity index is 1370. The van der Waals surface area contributed by atoms with Gasteiger partial charge in [0.15, 0.2) is 5.11 Å². The van der Waals surface area contributed by atoms with Gasteiger partial charge in [0.2, 0.25) is 0 Å². The van der Waals surface area contributed by atoms with Crippen molar-refractivity contribution in [3.05, 3.63) is 87.7 Å². The molecule has 5 nitrogen and oxygen atoms in total. The zero-order valence-electron chi connectivity index (χ0n) is 21.3. The van der Waals surface area contributed by atoms with E-state index in [0.29, 0.717) is 5.69 Å². The van der Waals surface area contributed by atoms with Gasteiger partial charge in [-0.2, -0.15) is 0 Å². The van der Waals surface area contributed by atoms with Crippen LogP contribution >= 0.6 is 12.2 Å². The van der Waals surface area contributed by atoms with Gasteiger partial charge in [0, 0.05) is 17.1 Å². The van der Waals surface area contributed by atoms with E-state index in [9.17, 15) is 9.59 Å². The Kier molecular flexibility index (Phi) is 6.28. The van der Waals surface area contributed by atoms with Gasteiger partial charge in [-0.3, -0.25) is 19.8 Å². The number of carbonyl (C=O) groups is 2. The fourth-order valence-electron chi connectivity index (χ4n) is 4.57. The summed E-state index contributed by atoms with van der Waals surface area (Å²) in [6, 6.07) is 16.3. The average Bonchev–Trinajstić information content (AvgIpc) is 3.02. The third kappa shape index (κ3) is 4.71. The van der Waals surface area contributed by atoms with Crippen LogP contribution in [0.4, 0.5) is 5.69 Å². The minimum Gasteiger partial charge on any atom is -0.318 e. The Morgan fingerprint density at radius 2 is 1.46 bits per heavy atom. The maximum atomic E-state index is 13.5. The van der Waals surface area contributed by atoms with Crippen LogP contribution in [0.15, 0.2) is 54.1 Å². The molecule has 1 aromatic heterocycles. The number of hydrogen-bond donors (Lipinski definition) is 1. The maximum Gasteiger partial charge on any atom is 0.270 e. The molecule has 3 aromatic rings. The van der Waals surface area contributed by atoms with Crippen LogP contribution in [0.1, 0.15) is 54.4 Å². The number of nitrogens with zero attached hydrogens (tertiary/aromatic N) is 2. The Hall–Kier alpha value is -3.51. The van der Waals surface area contributed by atoms with Gasteiger partial charge in [-0.25, -0.2) is 0 Å². The first-order valence-corrected chi connectivity index (χ1v) is 12.1. The molecule has 0 aliphatic carbocycles. The van der Waals surface area contributed by atoms with Crippen LogP contribution in [0.5, 0.6) is 0 Å². The molecule has 0 saturated carbocycles. The number of carbonyl (C=O) groups excluding carboxylic acids is 2. The highest BCUT2D eigenvalue weighted by atomic mass is 32.1. The van der Waals surface area contributed by atoms with Crippen molar-refractivity contribution in [2.45, 2.75) is 53.9 Å². The number of hydrogen-bond acceptors (Lipinski definition) is 3. The molecular formula is C29H31N3O2S. The van der Waals surface area contributed by atoms with Crippen molar-refractivity contribution in [2.24, 2.45) is 0 Å². The average molecular weight is 486 g/mol. The molecule has 0 unspecified atom stereocenters. The lowest BCUT2D eigenvalue weighted by molar-refractivity contribution is -0.122. The first-order chi connectivity index (χ1) is 16.4. The van der Waals surface area contributed by atoms with Crippen molar-refractivity contribution in [1.82, 2.24) is 9.88 Å². The molecule has 2 heterocycles. The van der Waals surface area contributed by atoms with Crippen molar-refractivity contribution in [3.8, 4) is 5.69 Å². The van der Waals surface area contributed by atoms with Crippen molar-refractivity contribution in [1.29, 1.82) is 0 Å². The van der Waals surface area contributed by atoms with Crippen LogP contribution in [0.25, 0.3) is 11.8 Å². The quantitative estimate of drug-likeness (QED) is 0.288. The summed E-state index contributed by atoms with van der Waals surface area (Å²) in [5.41, 5.74) is 7.88. The van der Waals surface area contributed by atoms with E-state index in [1.54, 1.807) is 6.08 Å². The van der Waals surface area contributed by atoms with E-state index >= 15 is 0 Å². The van der Waals surface area contributed by atoms with E-state index in [1.165, 1.54) is 10.5 Å². The van der Waals surface area contributed by atoms with Crippen molar-refractivity contribution < 1.29 is 9.59 Å². The molecule has 6 heteroatoms. The molecule has 180 valence electrons. The number of nitrogens with one attached hydrogen (secondary N) is 1. The molecule has 4 rings (SSSR count). The van der Waals surface area contributed by atoms with Crippen molar-refractivity contribution >= 4 is 40.9 Å². The van der Waals surface area contributed by atoms with E-state index in [1.807, 2.05) is 52.0 Å². The number of aromatic nitrogens is 1. The molecule has 0 atom stereocenters. The predicted molar refractivity (Wildman–Crippen MR) is 146 cm³/mol. The predicted octanol–water partition coefficient (Wildman–Crippen LogP) is 5.84. The number of rotatable bonds is 3. The maximum absolute atomic E-state index is 13.5. The molecule has 0 spiro atoms. The zero-order chi connectivity index (χ0) is 25.7. The summed E-state index contributed by atoms with van der Waals surface area (Å²) < 4.78 is 2.14. The zero-order valence-corrected chi connectivity index (χ0v) is 22.1. The summed E-state index contributed by atoms with van der Waals surface area (Å²) >= 11 is 5.36. The molecule has 2 amide bonds. The van der Waals surface area contributed by atoms with E-state index < -0.39 is 11.8 Å². The fourth-order valence-corrected chi connectivity index (χ4v) is 4.85. The largest absolute Gasteiger partial charge is 0.318 e. The lowest BCUT2D eigenvalue weighted by Gasteiger charge is -2.29. The van der Waals surface area contributed by atoms with Crippen LogP contribution in [0, 0.1) is 27.7 Å². The Labute approximate surface area is 212 Å². The molecule has 1 N–H and O–H groups in total. The van der Waals surface area contributed by atoms with E-state index in [2.05, 4.69) is 54.9 Å². The van der Waals surface area contributed by atoms with Crippen LogP contribution in [0.3, 0.4) is 0 Å². The summed E-state index contributed by atoms with van der Waals surface area (Å²) in [6.45, 7) is 14.5. The number of benzene rings is 2. The molecule has 1 aliphatic rings. The van der Waals surface area contributed by atoms with Gasteiger partial charge in [-0.15, -0.1) is 0 Å². The molecule has 0 radical (unpaired) electrons. The van der Waals surface area contributed by atoms with Crippen LogP contribution in [-0.2, 0) is 15.0 Å². The molecule has 1 fully saturated rings. The highest BCUT2D eigenvalue weighted by Crippen LogP contribution is 2.28. The van der Waals surface area contributed by atoms with Crippen molar-refractivity contribution in [3.63, 3.8) is 0 Å². The Balaban J connectivity index is 1.74. The second-order valence-corrected chi connectivity index (χ2v) is 10.6. The second-order valence-electron chi connectivity index (χ2n) is 10.3. The van der Waals surface area contributed by atoms with Crippen LogP contribution < -0.4 is 10.2 Å². The minimum absolute atomic E-state index is 0.0566. The highest BCUT2D eigenvalue weighted by molar-refractivity contribution is 7.80. The summed E-state index contributed by atoms with van der Waals surface area (Å²) in [5, 5.41) is 2.77. The summed E-state index contributed by atoms with van der Waals surface area (Å²) in [6.07, 6.45) is 1.66. The summed E-state index contributed by atoms with van der Waals surface area (Å²) in [5.74, 6) is -0.914. The number of thiocarbonyl (C=S) groups is 1. The van der Waals surface area contributed by atoms with Gasteiger partial charge in [-0.05, 0) is 104 Å². The smallest absolute Gasteiger partial charge is 0.270 e. The van der Waals surface area contributed by atoms with Crippen LogP contribution in [0.2, 0.25) is 0 Å². The molecule has 0 bridgehead atoms. The Morgan fingerprint density at radius 3 is 2.03 bits per heavy atom. The normalized spacial score (nSPS) is 15.7. The molecular weight excluding hydrogens is 454 g/mol. The molecule has 2 aromatic carbocycles. The lowest BCUT2D eigenvalue weighted by Crippen LogP contribution is -2.54. The minimum atomic E-state index is -0.486. The van der Waals surface area contributed by atoms with E-state index in [0.717, 1.165) is 33.8 Å². The molecule has 35 heavy (non-hydrogen) atoms. The van der Waals surface area contributed by atoms with E-state index in [-0.39, 0.29) is 16.1 Å². The third-order valence-electron chi connectivity index (χ3n) is 6.33. The lowest BCUT2D eigenvalue weighted by atomic mass is 9.87. The number of anilines is 1. The van der Waals surface area contributed by atoms with Gasteiger partial charge in [0.1, 0.15) is 5.57 Å². The fraction of sp³-hybridized carbons (Fsp3) is 0.276. The molecule has 1 aliphatic heterocycles. The second kappa shape index (κ2) is 8.93. The van der Waals surface area contributed by atoms with Crippen LogP contribution in [-0.4, -0.2) is 21.5 Å². The van der Waals surface area contributed by atoms with Gasteiger partial charge in [-0.1, -0.05) is 39.0 Å². The number of aryl methyl sites for hydroxylation is 3. The SMILES string of the molecule is Cc1cc(C)cc(N2C(=O)/C(=C/c3cc(C)n(-c4ccc(C(C)(C)C)cc4)c3C)C(=O)NC2=S)c1. The third-order valence-corrected chi connectivity index (χ3v) is 6.61. The summed E-state index contributed by atoms with van der Waals surface area (Å²) in [4.78, 5) is 27.7. The summed E-state index contributed by atoms with van der Waals surface area (Å²) in [7, 11) is 0. The Morgan fingerprint density at radius 1 is 0.857 bits per heavy atom. The monoisotopic (exact) mass is 485 g/mol. The first-order valence-electron chi connectivity index (χ1n) is 11.7. The topological polar surface area (TPSA) is 54.3 Å². The first kappa shape index (κ1) is 24.6. The van der Waals surface area contributed by atoms with Crippen molar-refractivity contribution in [2.75, 3.05) is 4.90 Å². The van der Waals surface area contributed by atoms with E-state index in [4.69, 9.17) is 12.2 Å². The number of amides is 2. The van der Waals surface area contributed by atoms with Gasteiger partial charge in [0.05, 0.1) is 5.69 Å². The standard InChI is InChI=1S/C29H31N3O2S/c1-17-12-18(2)14-24(13-17)32-27(34)25(26(33)30-28(32)35)16-21-15-19(3)31(20(21)4)23-10-8-22(9-11-23)29(5,6)7/h8-16H,1-7H3,(H,30,33,35)/b25-16+. The van der Waals surface area contributed by atoms with Gasteiger partial charge in [0.25, 0.3) is 11.8 Å². The van der Waals surface area contributed by atoms with Gasteiger partial charge >= 0.3 is 0 Å². The van der Waals surface area contributed by atoms with Gasteiger partial charge < -0.3 is 4.57 Å². The highest BCUT2D eigenvalue weighted by Gasteiger charge is 2.35.